The summed E-state index contributed by atoms with van der Waals surface area (Å²) in [6.45, 7) is 6.63. The van der Waals surface area contributed by atoms with Gasteiger partial charge in [0.15, 0.2) is 18.3 Å². The molecule has 0 saturated carbocycles. The van der Waals surface area contributed by atoms with Crippen molar-refractivity contribution in [2.45, 2.75) is 39.5 Å². The number of aryl methyl sites for hydroxylation is 2. The molecule has 0 radical (unpaired) electrons. The zero-order valence-electron chi connectivity index (χ0n) is 9.42. The highest BCUT2D eigenvalue weighted by Gasteiger charge is 2.03. The molecule has 0 aliphatic carbocycles. The zero-order valence-corrected chi connectivity index (χ0v) is 10.2. The molecule has 0 aliphatic rings. The minimum Gasteiger partial charge on any atom is -0.195 e. The van der Waals surface area contributed by atoms with Crippen LogP contribution in [0.4, 0.5) is 0 Å². The van der Waals surface area contributed by atoms with Gasteiger partial charge in [0, 0.05) is 11.6 Å². The first kappa shape index (κ1) is 11.6. The third kappa shape index (κ3) is 3.33. The fourth-order valence-corrected chi connectivity index (χ4v) is 2.27. The first-order valence-corrected chi connectivity index (χ1v) is 6.49. The average molecular weight is 210 g/mol. The summed E-state index contributed by atoms with van der Waals surface area (Å²) in [4.78, 5) is 0. The molecule has 0 bridgehead atoms. The molecule has 1 aromatic rings. The lowest BCUT2D eigenvalue weighted by Gasteiger charge is -2.01. The summed E-state index contributed by atoms with van der Waals surface area (Å²) in [6.07, 6.45) is 6.84. The van der Waals surface area contributed by atoms with Crippen LogP contribution in [0.25, 0.3) is 0 Å². The predicted octanol–water partition coefficient (Wildman–Crippen LogP) is 2.95. The molecular weight excluding hydrogens is 190 g/mol. The molecule has 0 saturated heterocycles. The molecule has 2 heteroatoms. The fourth-order valence-electron chi connectivity index (χ4n) is 1.48. The Morgan fingerprint density at radius 1 is 1.36 bits per heavy atom. The maximum Gasteiger partial charge on any atom is 0.194 e. The normalized spacial score (nSPS) is 10.5. The van der Waals surface area contributed by atoms with Gasteiger partial charge in [0.25, 0.3) is 0 Å². The van der Waals surface area contributed by atoms with Crippen molar-refractivity contribution in [1.29, 1.82) is 0 Å². The maximum absolute atomic E-state index is 2.27. The van der Waals surface area contributed by atoms with Gasteiger partial charge in [-0.05, 0) is 31.1 Å². The van der Waals surface area contributed by atoms with Crippen molar-refractivity contribution in [1.82, 2.24) is 0 Å². The van der Waals surface area contributed by atoms with Crippen molar-refractivity contribution in [2.24, 2.45) is 0 Å². The van der Waals surface area contributed by atoms with Crippen molar-refractivity contribution in [3.8, 4) is 0 Å². The Labute approximate surface area is 91.5 Å². The molecule has 1 heterocycles. The molecule has 0 spiro atoms. The van der Waals surface area contributed by atoms with E-state index in [1.165, 1.54) is 23.3 Å². The third-order valence-corrected chi connectivity index (χ3v) is 3.48. The van der Waals surface area contributed by atoms with Crippen molar-refractivity contribution < 1.29 is 4.57 Å². The van der Waals surface area contributed by atoms with E-state index >= 15 is 0 Å². The van der Waals surface area contributed by atoms with Crippen LogP contribution in [0.5, 0.6) is 0 Å². The van der Waals surface area contributed by atoms with Crippen molar-refractivity contribution in [3.63, 3.8) is 0 Å². The minimum absolute atomic E-state index is 1.08. The van der Waals surface area contributed by atoms with Crippen LogP contribution < -0.4 is 4.57 Å². The van der Waals surface area contributed by atoms with E-state index in [-0.39, 0.29) is 0 Å². The van der Waals surface area contributed by atoms with Crippen LogP contribution in [0, 0.1) is 6.92 Å². The molecule has 0 aromatic carbocycles. The lowest BCUT2D eigenvalue weighted by molar-refractivity contribution is -0.676. The standard InChI is InChI=1S/C12H20NS/c1-4-8-14-10-13-7-6-12(5-2)11(3)9-13/h6-7,9H,4-5,8,10H2,1-3H3/q+1. The Balaban J connectivity index is 2.57. The Morgan fingerprint density at radius 3 is 2.71 bits per heavy atom. The smallest absolute Gasteiger partial charge is 0.194 e. The van der Waals surface area contributed by atoms with E-state index < -0.39 is 0 Å². The zero-order chi connectivity index (χ0) is 10.4. The van der Waals surface area contributed by atoms with Gasteiger partial charge < -0.3 is 0 Å². The van der Waals surface area contributed by atoms with Gasteiger partial charge in [0.05, 0.1) is 0 Å². The first-order valence-electron chi connectivity index (χ1n) is 5.34. The summed E-state index contributed by atoms with van der Waals surface area (Å²) in [5.74, 6) is 2.33. The van der Waals surface area contributed by atoms with Crippen LogP contribution in [-0.4, -0.2) is 5.75 Å². The highest BCUT2D eigenvalue weighted by Crippen LogP contribution is 2.06. The summed E-state index contributed by atoms with van der Waals surface area (Å²) in [5.41, 5.74) is 2.87. The van der Waals surface area contributed by atoms with E-state index in [0.29, 0.717) is 0 Å². The minimum atomic E-state index is 1.08. The SMILES string of the molecule is CCCSC[n+]1ccc(CC)c(C)c1. The highest BCUT2D eigenvalue weighted by molar-refractivity contribution is 7.98. The lowest BCUT2D eigenvalue weighted by atomic mass is 10.1. The number of hydrogen-bond acceptors (Lipinski definition) is 1. The Kier molecular flexibility index (Phi) is 5.02. The van der Waals surface area contributed by atoms with Gasteiger partial charge in [-0.2, -0.15) is 4.57 Å². The molecule has 1 rings (SSSR count). The number of thioether (sulfide) groups is 1. The van der Waals surface area contributed by atoms with Crippen LogP contribution in [0.2, 0.25) is 0 Å². The summed E-state index contributed by atoms with van der Waals surface area (Å²) in [7, 11) is 0. The second kappa shape index (κ2) is 6.07. The Hall–Kier alpha value is -0.500. The van der Waals surface area contributed by atoms with Gasteiger partial charge in [0.2, 0.25) is 0 Å². The van der Waals surface area contributed by atoms with Gasteiger partial charge in [0.1, 0.15) is 0 Å². The highest BCUT2D eigenvalue weighted by atomic mass is 32.2. The molecule has 0 amide bonds. The molecule has 14 heavy (non-hydrogen) atoms. The molecule has 0 atom stereocenters. The molecule has 78 valence electrons. The number of rotatable bonds is 5. The second-order valence-electron chi connectivity index (χ2n) is 3.56. The quantitative estimate of drug-likeness (QED) is 0.534. The largest absolute Gasteiger partial charge is 0.195 e. The van der Waals surface area contributed by atoms with E-state index in [1.54, 1.807) is 0 Å². The van der Waals surface area contributed by atoms with Gasteiger partial charge in [-0.25, -0.2) is 0 Å². The monoisotopic (exact) mass is 210 g/mol. The van der Waals surface area contributed by atoms with Crippen molar-refractivity contribution in [2.75, 3.05) is 5.75 Å². The molecular formula is C12H20NS+. The predicted molar refractivity (Wildman–Crippen MR) is 63.5 cm³/mol. The van der Waals surface area contributed by atoms with Crippen LogP contribution in [0.15, 0.2) is 18.5 Å². The van der Waals surface area contributed by atoms with Gasteiger partial charge in [-0.15, -0.1) is 0 Å². The maximum atomic E-state index is 2.27. The van der Waals surface area contributed by atoms with E-state index in [9.17, 15) is 0 Å². The number of hydrogen-bond donors (Lipinski definition) is 0. The number of nitrogens with zero attached hydrogens (tertiary/aromatic N) is 1. The van der Waals surface area contributed by atoms with Gasteiger partial charge in [-0.3, -0.25) is 0 Å². The summed E-state index contributed by atoms with van der Waals surface area (Å²) < 4.78 is 2.27. The Bertz CT molecular complexity index is 284. The molecule has 1 nitrogen and oxygen atoms in total. The number of pyridine rings is 1. The lowest BCUT2D eigenvalue weighted by Crippen LogP contribution is -2.32. The summed E-state index contributed by atoms with van der Waals surface area (Å²) in [6, 6.07) is 2.24. The Morgan fingerprint density at radius 2 is 2.14 bits per heavy atom. The molecule has 1 aromatic heterocycles. The molecule has 0 aliphatic heterocycles. The fraction of sp³-hybridized carbons (Fsp3) is 0.583. The average Bonchev–Trinajstić information content (AvgIpc) is 2.18. The van der Waals surface area contributed by atoms with Crippen LogP contribution >= 0.6 is 11.8 Å². The van der Waals surface area contributed by atoms with Gasteiger partial charge in [-0.1, -0.05) is 25.6 Å². The summed E-state index contributed by atoms with van der Waals surface area (Å²) in [5, 5.41) is 0. The topological polar surface area (TPSA) is 3.88 Å². The van der Waals surface area contributed by atoms with E-state index in [4.69, 9.17) is 0 Å². The molecule has 0 fully saturated rings. The summed E-state index contributed by atoms with van der Waals surface area (Å²) >= 11 is 1.99. The second-order valence-corrected chi connectivity index (χ2v) is 4.63. The van der Waals surface area contributed by atoms with Crippen molar-refractivity contribution in [3.05, 3.63) is 29.6 Å². The van der Waals surface area contributed by atoms with E-state index in [2.05, 4.69) is 43.8 Å². The van der Waals surface area contributed by atoms with Gasteiger partial charge >= 0.3 is 0 Å². The van der Waals surface area contributed by atoms with Crippen LogP contribution in [0.1, 0.15) is 31.4 Å². The molecule has 0 unspecified atom stereocenters. The molecule has 0 N–H and O–H groups in total. The van der Waals surface area contributed by atoms with E-state index in [1.807, 2.05) is 11.8 Å². The van der Waals surface area contributed by atoms with Crippen LogP contribution in [-0.2, 0) is 12.3 Å². The third-order valence-electron chi connectivity index (χ3n) is 2.30. The van der Waals surface area contributed by atoms with Crippen molar-refractivity contribution >= 4 is 11.8 Å². The number of aromatic nitrogens is 1. The van der Waals surface area contributed by atoms with E-state index in [0.717, 1.165) is 12.3 Å². The first-order chi connectivity index (χ1) is 6.77. The van der Waals surface area contributed by atoms with Crippen LogP contribution in [0.3, 0.4) is 0 Å².